The van der Waals surface area contributed by atoms with E-state index in [1.54, 1.807) is 37.3 Å². The molecule has 0 saturated carbocycles. The van der Waals surface area contributed by atoms with Gasteiger partial charge in [-0.1, -0.05) is 0 Å². The summed E-state index contributed by atoms with van der Waals surface area (Å²) >= 11 is 0. The van der Waals surface area contributed by atoms with E-state index in [0.717, 1.165) is 5.56 Å². The van der Waals surface area contributed by atoms with Crippen LogP contribution in [0.15, 0.2) is 41.5 Å². The number of amides is 1. The molecule has 1 amide bonds. The molecule has 0 aliphatic carbocycles. The second kappa shape index (κ2) is 5.69. The number of aromatic amines is 1. The number of nitrogens with zero attached hydrogens (tertiary/aromatic N) is 2. The zero-order valence-corrected chi connectivity index (χ0v) is 11.8. The Morgan fingerprint density at radius 1 is 1.30 bits per heavy atom. The van der Waals surface area contributed by atoms with Gasteiger partial charge in [0.25, 0.3) is 5.91 Å². The normalized spacial score (nSPS) is 11.9. The van der Waals surface area contributed by atoms with Gasteiger partial charge in [-0.3, -0.25) is 14.6 Å². The molecule has 0 bridgehead atoms. The molecular formula is C15H17N3O2. The summed E-state index contributed by atoms with van der Waals surface area (Å²) in [6.45, 7) is 3.69. The molecule has 0 aliphatic rings. The van der Waals surface area contributed by atoms with Crippen molar-refractivity contribution >= 4 is 5.91 Å². The number of aromatic nitrogens is 2. The van der Waals surface area contributed by atoms with E-state index in [1.807, 2.05) is 19.1 Å². The Morgan fingerprint density at radius 2 is 1.95 bits per heavy atom. The second-order valence-electron chi connectivity index (χ2n) is 4.79. The lowest BCUT2D eigenvalue weighted by Crippen LogP contribution is -2.30. The van der Waals surface area contributed by atoms with Gasteiger partial charge in [-0.15, -0.1) is 0 Å². The zero-order valence-electron chi connectivity index (χ0n) is 11.8. The van der Waals surface area contributed by atoms with E-state index in [4.69, 9.17) is 0 Å². The van der Waals surface area contributed by atoms with Gasteiger partial charge in [0.2, 0.25) is 5.56 Å². The molecule has 2 aromatic heterocycles. The van der Waals surface area contributed by atoms with Crippen LogP contribution in [0.1, 0.15) is 34.6 Å². The molecule has 0 saturated heterocycles. The number of carbonyl (C=O) groups excluding carboxylic acids is 1. The topological polar surface area (TPSA) is 66.1 Å². The maximum atomic E-state index is 12.4. The van der Waals surface area contributed by atoms with Crippen LogP contribution in [0, 0.1) is 6.92 Å². The Balaban J connectivity index is 2.26. The van der Waals surface area contributed by atoms with Gasteiger partial charge < -0.3 is 9.88 Å². The zero-order chi connectivity index (χ0) is 14.7. The lowest BCUT2D eigenvalue weighted by molar-refractivity contribution is 0.0742. The number of hydrogen-bond donors (Lipinski definition) is 1. The van der Waals surface area contributed by atoms with Crippen LogP contribution in [0.5, 0.6) is 0 Å². The van der Waals surface area contributed by atoms with Crippen molar-refractivity contribution in [3.8, 4) is 0 Å². The Morgan fingerprint density at radius 3 is 2.55 bits per heavy atom. The predicted molar refractivity (Wildman–Crippen MR) is 76.5 cm³/mol. The molecule has 0 spiro atoms. The third-order valence-corrected chi connectivity index (χ3v) is 3.32. The Hall–Kier alpha value is -2.43. The Kier molecular flexibility index (Phi) is 3.98. The van der Waals surface area contributed by atoms with Gasteiger partial charge in [0, 0.05) is 36.8 Å². The number of pyridine rings is 2. The molecule has 1 N–H and O–H groups in total. The van der Waals surface area contributed by atoms with Crippen LogP contribution in [0.25, 0.3) is 0 Å². The summed E-state index contributed by atoms with van der Waals surface area (Å²) in [4.78, 5) is 32.1. The molecule has 2 aromatic rings. The van der Waals surface area contributed by atoms with Crippen molar-refractivity contribution in [3.05, 3.63) is 63.8 Å². The predicted octanol–water partition coefficient (Wildman–Crippen LogP) is 1.91. The summed E-state index contributed by atoms with van der Waals surface area (Å²) < 4.78 is 0. The van der Waals surface area contributed by atoms with Crippen LogP contribution in [0.2, 0.25) is 0 Å². The molecule has 0 radical (unpaired) electrons. The van der Waals surface area contributed by atoms with Crippen LogP contribution in [0.3, 0.4) is 0 Å². The first-order valence-corrected chi connectivity index (χ1v) is 6.37. The second-order valence-corrected chi connectivity index (χ2v) is 4.79. The van der Waals surface area contributed by atoms with Gasteiger partial charge in [-0.05, 0) is 37.6 Å². The molecule has 5 heteroatoms. The highest BCUT2D eigenvalue weighted by Crippen LogP contribution is 2.19. The van der Waals surface area contributed by atoms with Gasteiger partial charge in [-0.2, -0.15) is 0 Å². The molecule has 5 nitrogen and oxygen atoms in total. The van der Waals surface area contributed by atoms with Crippen LogP contribution in [0.4, 0.5) is 0 Å². The Labute approximate surface area is 117 Å². The van der Waals surface area contributed by atoms with Crippen molar-refractivity contribution in [3.63, 3.8) is 0 Å². The first-order chi connectivity index (χ1) is 9.49. The van der Waals surface area contributed by atoms with Crippen molar-refractivity contribution in [1.29, 1.82) is 0 Å². The fraction of sp³-hybridized carbons (Fsp3) is 0.267. The average molecular weight is 271 g/mol. The van der Waals surface area contributed by atoms with Crippen molar-refractivity contribution in [2.75, 3.05) is 7.05 Å². The molecule has 0 fully saturated rings. The minimum Gasteiger partial charge on any atom is -0.335 e. The molecule has 104 valence electrons. The third-order valence-electron chi connectivity index (χ3n) is 3.32. The fourth-order valence-corrected chi connectivity index (χ4v) is 2.05. The number of aryl methyl sites for hydroxylation is 1. The third kappa shape index (κ3) is 2.93. The first-order valence-electron chi connectivity index (χ1n) is 6.37. The summed E-state index contributed by atoms with van der Waals surface area (Å²) in [5.74, 6) is -0.177. The van der Waals surface area contributed by atoms with Crippen LogP contribution in [-0.2, 0) is 0 Å². The highest BCUT2D eigenvalue weighted by atomic mass is 16.2. The quantitative estimate of drug-likeness (QED) is 0.927. The fourth-order valence-electron chi connectivity index (χ4n) is 2.05. The molecule has 0 unspecified atom stereocenters. The average Bonchev–Trinajstić information content (AvgIpc) is 2.45. The van der Waals surface area contributed by atoms with Gasteiger partial charge >= 0.3 is 0 Å². The highest BCUT2D eigenvalue weighted by molar-refractivity contribution is 5.94. The van der Waals surface area contributed by atoms with Crippen molar-refractivity contribution in [1.82, 2.24) is 14.9 Å². The summed E-state index contributed by atoms with van der Waals surface area (Å²) in [5, 5.41) is 0. The molecule has 0 aliphatic heterocycles. The van der Waals surface area contributed by atoms with Crippen LogP contribution in [-0.4, -0.2) is 27.8 Å². The van der Waals surface area contributed by atoms with Gasteiger partial charge in [0.1, 0.15) is 0 Å². The number of carbonyl (C=O) groups is 1. The molecule has 2 rings (SSSR count). The molecule has 2 heterocycles. The lowest BCUT2D eigenvalue weighted by atomic mass is 10.1. The summed E-state index contributed by atoms with van der Waals surface area (Å²) in [7, 11) is 1.73. The minimum atomic E-state index is -0.265. The molecule has 1 atom stereocenters. The van der Waals surface area contributed by atoms with Gasteiger partial charge in [-0.25, -0.2) is 0 Å². The van der Waals surface area contributed by atoms with E-state index >= 15 is 0 Å². The van der Waals surface area contributed by atoms with Gasteiger partial charge in [0.15, 0.2) is 0 Å². The summed E-state index contributed by atoms with van der Waals surface area (Å²) in [6, 6.07) is 6.66. The summed E-state index contributed by atoms with van der Waals surface area (Å²) in [5.41, 5.74) is 1.80. The minimum absolute atomic E-state index is 0.0925. The van der Waals surface area contributed by atoms with E-state index in [9.17, 15) is 9.59 Å². The number of nitrogens with one attached hydrogen (secondary N) is 1. The van der Waals surface area contributed by atoms with E-state index in [0.29, 0.717) is 11.3 Å². The van der Waals surface area contributed by atoms with E-state index in [-0.39, 0.29) is 17.5 Å². The largest absolute Gasteiger partial charge is 0.335 e. The molecule has 0 aromatic carbocycles. The maximum absolute atomic E-state index is 12.4. The van der Waals surface area contributed by atoms with Crippen molar-refractivity contribution in [2.24, 2.45) is 0 Å². The molecule has 20 heavy (non-hydrogen) atoms. The van der Waals surface area contributed by atoms with Crippen LogP contribution >= 0.6 is 0 Å². The first kappa shape index (κ1) is 14.0. The van der Waals surface area contributed by atoms with Crippen molar-refractivity contribution in [2.45, 2.75) is 19.9 Å². The van der Waals surface area contributed by atoms with E-state index < -0.39 is 0 Å². The summed E-state index contributed by atoms with van der Waals surface area (Å²) in [6.07, 6.45) is 3.39. The van der Waals surface area contributed by atoms with Crippen molar-refractivity contribution < 1.29 is 4.79 Å². The van der Waals surface area contributed by atoms with Gasteiger partial charge in [0.05, 0.1) is 6.04 Å². The smallest absolute Gasteiger partial charge is 0.254 e. The standard InChI is InChI=1S/C15H17N3O2/c1-10-8-13(9-14(19)17-10)15(20)18(3)11(2)12-4-6-16-7-5-12/h4-9,11H,1-3H3,(H,17,19)/t11-/m1/s1. The van der Waals surface area contributed by atoms with E-state index in [2.05, 4.69) is 9.97 Å². The SMILES string of the molecule is Cc1cc(C(=O)N(C)[C@H](C)c2ccncc2)cc(=O)[nH]1. The number of hydrogen-bond acceptors (Lipinski definition) is 3. The Bertz CT molecular complexity index is 664. The van der Waals surface area contributed by atoms with E-state index in [1.165, 1.54) is 6.07 Å². The maximum Gasteiger partial charge on any atom is 0.254 e. The lowest BCUT2D eigenvalue weighted by Gasteiger charge is -2.25. The number of H-pyrrole nitrogens is 1. The van der Waals surface area contributed by atoms with Crippen LogP contribution < -0.4 is 5.56 Å². The number of rotatable bonds is 3. The monoisotopic (exact) mass is 271 g/mol. The highest BCUT2D eigenvalue weighted by Gasteiger charge is 2.19. The molecular weight excluding hydrogens is 254 g/mol.